The van der Waals surface area contributed by atoms with Crippen molar-refractivity contribution in [3.05, 3.63) is 76.6 Å². The van der Waals surface area contributed by atoms with Crippen molar-refractivity contribution >= 4 is 17.5 Å². The van der Waals surface area contributed by atoms with Gasteiger partial charge in [0.25, 0.3) is 5.91 Å². The summed E-state index contributed by atoms with van der Waals surface area (Å²) in [6, 6.07) is 13.1. The first-order chi connectivity index (χ1) is 13.8. The van der Waals surface area contributed by atoms with Crippen molar-refractivity contribution in [1.29, 1.82) is 0 Å². The second-order valence-corrected chi connectivity index (χ2v) is 6.60. The molecule has 2 aromatic carbocycles. The van der Waals surface area contributed by atoms with Gasteiger partial charge in [-0.2, -0.15) is 18.3 Å². The SMILES string of the molecule is Cc1ccccc1-n1ncc(C(=O)NCCOc2ccc(Cl)cc2)c1C(F)(F)F. The lowest BCUT2D eigenvalue weighted by molar-refractivity contribution is -0.143. The van der Waals surface area contributed by atoms with E-state index in [1.54, 1.807) is 49.4 Å². The number of aryl methyl sites for hydroxylation is 1. The number of aromatic nitrogens is 2. The highest BCUT2D eigenvalue weighted by Gasteiger charge is 2.40. The lowest BCUT2D eigenvalue weighted by Gasteiger charge is -2.14. The summed E-state index contributed by atoms with van der Waals surface area (Å²) in [5.41, 5.74) is -0.815. The van der Waals surface area contributed by atoms with Gasteiger partial charge in [-0.05, 0) is 42.8 Å². The molecular weight excluding hydrogens is 407 g/mol. The molecule has 3 aromatic rings. The number of alkyl halides is 3. The second-order valence-electron chi connectivity index (χ2n) is 6.16. The van der Waals surface area contributed by atoms with E-state index >= 15 is 0 Å². The second kappa shape index (κ2) is 8.57. The number of para-hydroxylation sites is 1. The van der Waals surface area contributed by atoms with Gasteiger partial charge in [0.2, 0.25) is 0 Å². The Kier molecular flexibility index (Phi) is 6.12. The topological polar surface area (TPSA) is 56.2 Å². The van der Waals surface area contributed by atoms with Gasteiger partial charge in [0, 0.05) is 5.02 Å². The van der Waals surface area contributed by atoms with Gasteiger partial charge < -0.3 is 10.1 Å². The average molecular weight is 424 g/mol. The van der Waals surface area contributed by atoms with Crippen LogP contribution < -0.4 is 10.1 Å². The van der Waals surface area contributed by atoms with Crippen molar-refractivity contribution in [2.45, 2.75) is 13.1 Å². The van der Waals surface area contributed by atoms with Crippen molar-refractivity contribution < 1.29 is 22.7 Å². The Morgan fingerprint density at radius 2 is 1.86 bits per heavy atom. The van der Waals surface area contributed by atoms with Gasteiger partial charge in [-0.1, -0.05) is 29.8 Å². The van der Waals surface area contributed by atoms with Crippen LogP contribution in [0.25, 0.3) is 5.69 Å². The smallest absolute Gasteiger partial charge is 0.434 e. The quantitative estimate of drug-likeness (QED) is 0.586. The van der Waals surface area contributed by atoms with Gasteiger partial charge in [0.05, 0.1) is 24.0 Å². The number of hydrogen-bond acceptors (Lipinski definition) is 3. The number of carbonyl (C=O) groups excluding carboxylic acids is 1. The first kappa shape index (κ1) is 20.7. The van der Waals surface area contributed by atoms with Crippen LogP contribution in [0, 0.1) is 6.92 Å². The molecule has 1 aromatic heterocycles. The van der Waals surface area contributed by atoms with Crippen molar-refractivity contribution in [3.63, 3.8) is 0 Å². The average Bonchev–Trinajstić information content (AvgIpc) is 3.12. The van der Waals surface area contributed by atoms with Gasteiger partial charge in [0.1, 0.15) is 12.4 Å². The fourth-order valence-electron chi connectivity index (χ4n) is 2.73. The van der Waals surface area contributed by atoms with Crippen LogP contribution in [0.2, 0.25) is 5.02 Å². The molecular formula is C20H17ClF3N3O2. The molecule has 0 radical (unpaired) electrons. The highest BCUT2D eigenvalue weighted by molar-refractivity contribution is 6.30. The molecule has 3 rings (SSSR count). The maximum Gasteiger partial charge on any atom is 0.434 e. The van der Waals surface area contributed by atoms with Crippen molar-refractivity contribution in [2.24, 2.45) is 0 Å². The van der Waals surface area contributed by atoms with Crippen LogP contribution in [-0.2, 0) is 6.18 Å². The number of benzene rings is 2. The largest absolute Gasteiger partial charge is 0.492 e. The molecule has 5 nitrogen and oxygen atoms in total. The third-order valence-electron chi connectivity index (χ3n) is 4.10. The minimum Gasteiger partial charge on any atom is -0.492 e. The number of ether oxygens (including phenoxy) is 1. The summed E-state index contributed by atoms with van der Waals surface area (Å²) in [5.74, 6) is -0.344. The molecule has 0 aliphatic heterocycles. The van der Waals surface area contributed by atoms with Crippen molar-refractivity contribution in [1.82, 2.24) is 15.1 Å². The van der Waals surface area contributed by atoms with Gasteiger partial charge in [-0.15, -0.1) is 0 Å². The molecule has 1 N–H and O–H groups in total. The molecule has 0 aliphatic rings. The number of amides is 1. The lowest BCUT2D eigenvalue weighted by Crippen LogP contribution is -2.30. The van der Waals surface area contributed by atoms with Crippen LogP contribution in [0.5, 0.6) is 5.75 Å². The standard InChI is InChI=1S/C20H17ClF3N3O2/c1-13-4-2-3-5-17(13)27-18(20(22,23)24)16(12-26-27)19(28)25-10-11-29-15-8-6-14(21)7-9-15/h2-9,12H,10-11H2,1H3,(H,25,28). The van der Waals surface area contributed by atoms with Gasteiger partial charge in [0.15, 0.2) is 5.69 Å². The Hall–Kier alpha value is -3.00. The number of halogens is 4. The molecule has 0 atom stereocenters. The number of nitrogens with zero attached hydrogens (tertiary/aromatic N) is 2. The van der Waals surface area contributed by atoms with Gasteiger partial charge >= 0.3 is 6.18 Å². The minimum absolute atomic E-state index is 0.0221. The zero-order valence-electron chi connectivity index (χ0n) is 15.3. The third-order valence-corrected chi connectivity index (χ3v) is 4.35. The van der Waals surface area contributed by atoms with E-state index in [-0.39, 0.29) is 18.8 Å². The Balaban J connectivity index is 1.73. The van der Waals surface area contributed by atoms with Crippen LogP contribution in [0.15, 0.2) is 54.7 Å². The molecule has 0 spiro atoms. The maximum atomic E-state index is 13.7. The Morgan fingerprint density at radius 1 is 1.17 bits per heavy atom. The first-order valence-corrected chi connectivity index (χ1v) is 9.03. The lowest BCUT2D eigenvalue weighted by atomic mass is 10.1. The molecule has 0 saturated heterocycles. The normalized spacial score (nSPS) is 11.3. The summed E-state index contributed by atoms with van der Waals surface area (Å²) in [4.78, 5) is 12.4. The van der Waals surface area contributed by atoms with E-state index in [1.165, 1.54) is 6.07 Å². The number of carbonyl (C=O) groups is 1. The van der Waals surface area contributed by atoms with Crippen LogP contribution >= 0.6 is 11.6 Å². The summed E-state index contributed by atoms with van der Waals surface area (Å²) >= 11 is 5.78. The molecule has 9 heteroatoms. The van der Waals surface area contributed by atoms with E-state index in [1.807, 2.05) is 0 Å². The third kappa shape index (κ3) is 4.89. The van der Waals surface area contributed by atoms with Crippen molar-refractivity contribution in [3.8, 4) is 11.4 Å². The molecule has 0 fully saturated rings. The molecule has 0 bridgehead atoms. The number of rotatable bonds is 6. The summed E-state index contributed by atoms with van der Waals surface area (Å²) in [7, 11) is 0. The van der Waals surface area contributed by atoms with Gasteiger partial charge in [-0.25, -0.2) is 4.68 Å². The number of hydrogen-bond donors (Lipinski definition) is 1. The van der Waals surface area contributed by atoms with Crippen LogP contribution in [0.1, 0.15) is 21.6 Å². The van der Waals surface area contributed by atoms with E-state index in [0.717, 1.165) is 10.9 Å². The zero-order valence-corrected chi connectivity index (χ0v) is 16.1. The summed E-state index contributed by atoms with van der Waals surface area (Å²) < 4.78 is 47.2. The molecule has 0 aliphatic carbocycles. The zero-order chi connectivity index (χ0) is 21.0. The summed E-state index contributed by atoms with van der Waals surface area (Å²) in [6.45, 7) is 1.78. The van der Waals surface area contributed by atoms with E-state index in [4.69, 9.17) is 16.3 Å². The van der Waals surface area contributed by atoms with E-state index in [2.05, 4.69) is 10.4 Å². The molecule has 152 valence electrons. The fourth-order valence-corrected chi connectivity index (χ4v) is 2.86. The molecule has 29 heavy (non-hydrogen) atoms. The van der Waals surface area contributed by atoms with E-state index in [0.29, 0.717) is 16.3 Å². The molecule has 1 heterocycles. The molecule has 0 unspecified atom stereocenters. The highest BCUT2D eigenvalue weighted by Crippen LogP contribution is 2.34. The number of nitrogens with one attached hydrogen (secondary N) is 1. The Morgan fingerprint density at radius 3 is 2.52 bits per heavy atom. The highest BCUT2D eigenvalue weighted by atomic mass is 35.5. The fraction of sp³-hybridized carbons (Fsp3) is 0.200. The maximum absolute atomic E-state index is 13.7. The molecule has 0 saturated carbocycles. The van der Waals surface area contributed by atoms with E-state index in [9.17, 15) is 18.0 Å². The van der Waals surface area contributed by atoms with Crippen LogP contribution in [-0.4, -0.2) is 28.8 Å². The monoisotopic (exact) mass is 423 g/mol. The van der Waals surface area contributed by atoms with Gasteiger partial charge in [-0.3, -0.25) is 4.79 Å². The Bertz CT molecular complexity index is 1000. The summed E-state index contributed by atoms with van der Waals surface area (Å²) in [6.07, 6.45) is -3.84. The van der Waals surface area contributed by atoms with Crippen molar-refractivity contribution in [2.75, 3.05) is 13.2 Å². The van der Waals surface area contributed by atoms with Crippen LogP contribution in [0.3, 0.4) is 0 Å². The van der Waals surface area contributed by atoms with Crippen LogP contribution in [0.4, 0.5) is 13.2 Å². The minimum atomic E-state index is -4.76. The Labute approximate surface area is 170 Å². The van der Waals surface area contributed by atoms with E-state index < -0.39 is 23.3 Å². The first-order valence-electron chi connectivity index (χ1n) is 8.65. The summed E-state index contributed by atoms with van der Waals surface area (Å²) in [5, 5.41) is 6.79. The predicted octanol–water partition coefficient (Wildman–Crippen LogP) is 4.66. The molecule has 1 amide bonds. The predicted molar refractivity (Wildman–Crippen MR) is 103 cm³/mol.